The Morgan fingerprint density at radius 1 is 1.20 bits per heavy atom. The minimum atomic E-state index is -4.29. The van der Waals surface area contributed by atoms with Gasteiger partial charge in [-0.15, -0.1) is 11.3 Å². The minimum Gasteiger partial charge on any atom is -0.166 e. The van der Waals surface area contributed by atoms with E-state index >= 15 is 0 Å². The zero-order valence-corrected chi connectivity index (χ0v) is 14.6. The lowest BCUT2D eigenvalue weighted by atomic mass is 10.1. The number of thiophene rings is 1. The van der Waals surface area contributed by atoms with E-state index in [0.29, 0.717) is 11.4 Å². The van der Waals surface area contributed by atoms with Gasteiger partial charge in [0.05, 0.1) is 19.2 Å². The maximum absolute atomic E-state index is 12.5. The average molecular weight is 449 g/mol. The Labute approximate surface area is 140 Å². The summed E-state index contributed by atoms with van der Waals surface area (Å²) >= 11 is 14.4. The van der Waals surface area contributed by atoms with Crippen molar-refractivity contribution in [2.45, 2.75) is 17.4 Å². The summed E-state index contributed by atoms with van der Waals surface area (Å²) < 4.78 is 38.3. The van der Waals surface area contributed by atoms with E-state index in [1.165, 1.54) is 23.5 Å². The molecule has 0 nitrogen and oxygen atoms in total. The summed E-state index contributed by atoms with van der Waals surface area (Å²) in [6.45, 7) is 0. The molecule has 1 atom stereocenters. The first-order valence-electron chi connectivity index (χ1n) is 5.52. The Morgan fingerprint density at radius 3 is 2.25 bits per heavy atom. The lowest BCUT2D eigenvalue weighted by Crippen LogP contribution is -2.04. The van der Waals surface area contributed by atoms with Crippen LogP contribution < -0.4 is 0 Å². The van der Waals surface area contributed by atoms with Crippen molar-refractivity contribution < 1.29 is 13.2 Å². The SMILES string of the molecule is FC(F)(F)c1ccc(CC(Br)c2cc(Cl)c(Br)s2)cc1. The average Bonchev–Trinajstić information content (AvgIpc) is 2.69. The molecular weight excluding hydrogens is 440 g/mol. The van der Waals surface area contributed by atoms with Crippen LogP contribution in [-0.4, -0.2) is 0 Å². The van der Waals surface area contributed by atoms with Gasteiger partial charge in [0.15, 0.2) is 0 Å². The fourth-order valence-corrected chi connectivity index (χ4v) is 4.17. The number of halogens is 6. The van der Waals surface area contributed by atoms with Gasteiger partial charge in [0, 0.05) is 4.88 Å². The lowest BCUT2D eigenvalue weighted by molar-refractivity contribution is -0.137. The maximum atomic E-state index is 12.5. The van der Waals surface area contributed by atoms with Gasteiger partial charge in [-0.2, -0.15) is 13.2 Å². The third kappa shape index (κ3) is 4.00. The van der Waals surface area contributed by atoms with Crippen LogP contribution in [0.5, 0.6) is 0 Å². The van der Waals surface area contributed by atoms with E-state index < -0.39 is 11.7 Å². The van der Waals surface area contributed by atoms with Crippen molar-refractivity contribution in [2.24, 2.45) is 0 Å². The maximum Gasteiger partial charge on any atom is 0.416 e. The Kier molecular flexibility index (Phi) is 5.21. The second-order valence-electron chi connectivity index (χ2n) is 4.14. The van der Waals surface area contributed by atoms with Gasteiger partial charge in [0.25, 0.3) is 0 Å². The van der Waals surface area contributed by atoms with Crippen molar-refractivity contribution in [1.29, 1.82) is 0 Å². The Hall–Kier alpha value is -0.0400. The van der Waals surface area contributed by atoms with E-state index in [2.05, 4.69) is 31.9 Å². The molecule has 1 heterocycles. The normalized spacial score (nSPS) is 13.5. The second kappa shape index (κ2) is 6.38. The van der Waals surface area contributed by atoms with Crippen molar-refractivity contribution >= 4 is 54.8 Å². The number of rotatable bonds is 3. The van der Waals surface area contributed by atoms with Crippen LogP contribution >= 0.6 is 54.8 Å². The standard InChI is InChI=1S/C13H8Br2ClF3S/c14-9(11-6-10(16)12(15)20-11)5-7-1-3-8(4-2-7)13(17,18)19/h1-4,6,9H,5H2. The number of hydrogen-bond donors (Lipinski definition) is 0. The molecule has 7 heteroatoms. The van der Waals surface area contributed by atoms with Gasteiger partial charge in [0.1, 0.15) is 0 Å². The van der Waals surface area contributed by atoms with Crippen LogP contribution in [0.25, 0.3) is 0 Å². The van der Waals surface area contributed by atoms with Gasteiger partial charge >= 0.3 is 6.18 Å². The predicted octanol–water partition coefficient (Wildman–Crippen LogP) is 6.86. The molecule has 20 heavy (non-hydrogen) atoms. The van der Waals surface area contributed by atoms with E-state index in [4.69, 9.17) is 11.6 Å². The molecule has 0 amide bonds. The van der Waals surface area contributed by atoms with Crippen LogP contribution in [0.1, 0.15) is 20.8 Å². The van der Waals surface area contributed by atoms with Crippen molar-refractivity contribution in [2.75, 3.05) is 0 Å². The fraction of sp³-hybridized carbons (Fsp3) is 0.231. The van der Waals surface area contributed by atoms with Gasteiger partial charge in [-0.25, -0.2) is 0 Å². The first-order valence-corrected chi connectivity index (χ1v) is 8.42. The van der Waals surface area contributed by atoms with Crippen molar-refractivity contribution in [3.05, 3.63) is 55.1 Å². The smallest absolute Gasteiger partial charge is 0.166 e. The molecule has 0 fully saturated rings. The predicted molar refractivity (Wildman–Crippen MR) is 83.8 cm³/mol. The first-order chi connectivity index (χ1) is 9.27. The molecule has 2 rings (SSSR count). The molecule has 0 bridgehead atoms. The van der Waals surface area contributed by atoms with Crippen LogP contribution in [0.15, 0.2) is 34.1 Å². The van der Waals surface area contributed by atoms with Crippen LogP contribution in [0.2, 0.25) is 5.02 Å². The number of hydrogen-bond acceptors (Lipinski definition) is 1. The van der Waals surface area contributed by atoms with Gasteiger partial charge in [0.2, 0.25) is 0 Å². The van der Waals surface area contributed by atoms with Gasteiger partial charge in [-0.3, -0.25) is 0 Å². The van der Waals surface area contributed by atoms with Crippen molar-refractivity contribution in [3.63, 3.8) is 0 Å². The molecule has 1 aromatic carbocycles. The van der Waals surface area contributed by atoms with Gasteiger partial charge in [-0.1, -0.05) is 39.7 Å². The summed E-state index contributed by atoms with van der Waals surface area (Å²) in [5.74, 6) is 0. The fourth-order valence-electron chi connectivity index (χ4n) is 1.66. The summed E-state index contributed by atoms with van der Waals surface area (Å²) in [7, 11) is 0. The third-order valence-electron chi connectivity index (χ3n) is 2.67. The van der Waals surface area contributed by atoms with Crippen LogP contribution in [0.3, 0.4) is 0 Å². The van der Waals surface area contributed by atoms with E-state index in [1.807, 2.05) is 6.07 Å². The molecule has 0 saturated carbocycles. The van der Waals surface area contributed by atoms with Crippen LogP contribution in [-0.2, 0) is 12.6 Å². The molecule has 0 aliphatic heterocycles. The second-order valence-corrected chi connectivity index (χ2v) is 8.05. The highest BCUT2D eigenvalue weighted by molar-refractivity contribution is 9.11. The highest BCUT2D eigenvalue weighted by atomic mass is 79.9. The molecule has 108 valence electrons. The Balaban J connectivity index is 2.10. The number of benzene rings is 1. The van der Waals surface area contributed by atoms with Crippen molar-refractivity contribution in [1.82, 2.24) is 0 Å². The van der Waals surface area contributed by atoms with Crippen LogP contribution in [0.4, 0.5) is 13.2 Å². The zero-order valence-electron chi connectivity index (χ0n) is 9.85. The largest absolute Gasteiger partial charge is 0.416 e. The Morgan fingerprint density at radius 2 is 1.80 bits per heavy atom. The molecule has 0 saturated heterocycles. The van der Waals surface area contributed by atoms with Crippen molar-refractivity contribution in [3.8, 4) is 0 Å². The zero-order chi connectivity index (χ0) is 14.9. The lowest BCUT2D eigenvalue weighted by Gasteiger charge is -2.10. The van der Waals surface area contributed by atoms with E-state index in [9.17, 15) is 13.2 Å². The molecule has 1 unspecified atom stereocenters. The molecule has 0 N–H and O–H groups in total. The summed E-state index contributed by atoms with van der Waals surface area (Å²) in [4.78, 5) is 1.05. The molecule has 1 aromatic heterocycles. The summed E-state index contributed by atoms with van der Waals surface area (Å²) in [5, 5.41) is 0.641. The first kappa shape index (κ1) is 16.3. The Bertz CT molecular complexity index is 573. The topological polar surface area (TPSA) is 0 Å². The summed E-state index contributed by atoms with van der Waals surface area (Å²) in [5.41, 5.74) is 0.204. The summed E-state index contributed by atoms with van der Waals surface area (Å²) in [6, 6.07) is 7.06. The highest BCUT2D eigenvalue weighted by Crippen LogP contribution is 2.39. The molecule has 2 aromatic rings. The molecular formula is C13H8Br2ClF3S. The number of alkyl halides is 4. The van der Waals surface area contributed by atoms with Gasteiger partial charge < -0.3 is 0 Å². The quantitative estimate of drug-likeness (QED) is 0.450. The molecule has 0 spiro atoms. The van der Waals surface area contributed by atoms with E-state index in [-0.39, 0.29) is 4.83 Å². The molecule has 0 radical (unpaired) electrons. The van der Waals surface area contributed by atoms with Gasteiger partial charge in [-0.05, 0) is 46.1 Å². The molecule has 0 aliphatic rings. The third-order valence-corrected chi connectivity index (χ3v) is 6.38. The molecule has 0 aliphatic carbocycles. The van der Waals surface area contributed by atoms with E-state index in [0.717, 1.165) is 26.4 Å². The van der Waals surface area contributed by atoms with Crippen LogP contribution in [0, 0.1) is 0 Å². The monoisotopic (exact) mass is 446 g/mol. The van der Waals surface area contributed by atoms with E-state index in [1.54, 1.807) is 0 Å². The minimum absolute atomic E-state index is 0.0213. The summed E-state index contributed by atoms with van der Waals surface area (Å²) in [6.07, 6.45) is -3.69. The highest BCUT2D eigenvalue weighted by Gasteiger charge is 2.30.